The summed E-state index contributed by atoms with van der Waals surface area (Å²) < 4.78 is 0. The van der Waals surface area contributed by atoms with Crippen LogP contribution in [-0.2, 0) is 4.79 Å². The Morgan fingerprint density at radius 3 is 2.89 bits per heavy atom. The van der Waals surface area contributed by atoms with E-state index >= 15 is 0 Å². The molecule has 5 heteroatoms. The minimum absolute atomic E-state index is 0.0211. The Labute approximate surface area is 112 Å². The third-order valence-corrected chi connectivity index (χ3v) is 3.37. The number of likely N-dealkylation sites (tertiary alicyclic amines) is 1. The Morgan fingerprint density at radius 2 is 2.21 bits per heavy atom. The summed E-state index contributed by atoms with van der Waals surface area (Å²) in [4.78, 5) is 25.1. The number of carboxylic acids is 1. The Kier molecular flexibility index (Phi) is 4.16. The summed E-state index contributed by atoms with van der Waals surface area (Å²) in [5, 5.41) is 11.7. The number of hydrogen-bond donors (Lipinski definition) is 2. The molecule has 1 fully saturated rings. The van der Waals surface area contributed by atoms with Crippen molar-refractivity contribution < 1.29 is 14.7 Å². The fraction of sp³-hybridized carbons (Fsp3) is 0.429. The number of aromatic carboxylic acids is 1. The average molecular weight is 262 g/mol. The highest BCUT2D eigenvalue weighted by molar-refractivity contribution is 5.95. The zero-order valence-corrected chi connectivity index (χ0v) is 10.9. The van der Waals surface area contributed by atoms with Crippen molar-refractivity contribution in [2.24, 2.45) is 5.92 Å². The number of carboxylic acid groups (broad SMARTS) is 1. The van der Waals surface area contributed by atoms with Crippen molar-refractivity contribution in [3.63, 3.8) is 0 Å². The first-order valence-electron chi connectivity index (χ1n) is 6.39. The molecular formula is C14H18N2O3. The molecule has 1 aromatic rings. The second kappa shape index (κ2) is 5.84. The second-order valence-electron chi connectivity index (χ2n) is 4.98. The fourth-order valence-corrected chi connectivity index (χ4v) is 2.35. The second-order valence-corrected chi connectivity index (χ2v) is 4.98. The standard InChI is InChI=1S/C14H18N2O3/c1-16-7-3-5-11(9-16)13(17)15-12-6-2-4-10(8-12)14(18)19/h2,4,6,8,11H,3,5,7,9H2,1H3,(H,15,17)(H,18,19). The molecule has 1 amide bonds. The third kappa shape index (κ3) is 3.54. The van der Waals surface area contributed by atoms with Crippen LogP contribution in [0, 0.1) is 5.92 Å². The molecule has 1 heterocycles. The molecule has 102 valence electrons. The van der Waals surface area contributed by atoms with Crippen molar-refractivity contribution in [1.82, 2.24) is 4.90 Å². The predicted octanol–water partition coefficient (Wildman–Crippen LogP) is 1.67. The summed E-state index contributed by atoms with van der Waals surface area (Å²) in [6, 6.07) is 6.32. The van der Waals surface area contributed by atoms with Gasteiger partial charge < -0.3 is 15.3 Å². The van der Waals surface area contributed by atoms with Crippen LogP contribution in [0.3, 0.4) is 0 Å². The molecule has 19 heavy (non-hydrogen) atoms. The van der Waals surface area contributed by atoms with Gasteiger partial charge in [-0.25, -0.2) is 4.79 Å². The smallest absolute Gasteiger partial charge is 0.335 e. The van der Waals surface area contributed by atoms with E-state index in [0.29, 0.717) is 5.69 Å². The minimum atomic E-state index is -0.992. The van der Waals surface area contributed by atoms with Gasteiger partial charge in [-0.1, -0.05) is 6.07 Å². The van der Waals surface area contributed by atoms with E-state index in [2.05, 4.69) is 10.2 Å². The molecule has 2 N–H and O–H groups in total. The molecule has 1 aliphatic rings. The molecule has 1 aromatic carbocycles. The van der Waals surface area contributed by atoms with Crippen molar-refractivity contribution in [3.05, 3.63) is 29.8 Å². The van der Waals surface area contributed by atoms with Crippen LogP contribution in [0.15, 0.2) is 24.3 Å². The summed E-state index contributed by atoms with van der Waals surface area (Å²) in [6.45, 7) is 1.78. The van der Waals surface area contributed by atoms with Gasteiger partial charge in [-0.2, -0.15) is 0 Å². The zero-order chi connectivity index (χ0) is 13.8. The molecule has 2 rings (SSSR count). The normalized spacial score (nSPS) is 19.9. The van der Waals surface area contributed by atoms with Crippen molar-refractivity contribution in [2.45, 2.75) is 12.8 Å². The molecular weight excluding hydrogens is 244 g/mol. The van der Waals surface area contributed by atoms with E-state index < -0.39 is 5.97 Å². The number of piperidine rings is 1. The van der Waals surface area contributed by atoms with Crippen LogP contribution in [0.2, 0.25) is 0 Å². The number of nitrogens with zero attached hydrogens (tertiary/aromatic N) is 1. The number of benzene rings is 1. The molecule has 0 aliphatic carbocycles. The van der Waals surface area contributed by atoms with Gasteiger partial charge in [0.25, 0.3) is 0 Å². The van der Waals surface area contributed by atoms with Gasteiger partial charge in [0.2, 0.25) is 5.91 Å². The lowest BCUT2D eigenvalue weighted by Gasteiger charge is -2.28. The lowest BCUT2D eigenvalue weighted by atomic mass is 9.97. The molecule has 0 saturated carbocycles. The molecule has 0 bridgehead atoms. The van der Waals surface area contributed by atoms with E-state index in [1.807, 2.05) is 7.05 Å². The summed E-state index contributed by atoms with van der Waals surface area (Å²) in [5.74, 6) is -1.05. The quantitative estimate of drug-likeness (QED) is 0.869. The topological polar surface area (TPSA) is 69.6 Å². The third-order valence-electron chi connectivity index (χ3n) is 3.37. The van der Waals surface area contributed by atoms with E-state index in [0.717, 1.165) is 25.9 Å². The number of carbonyl (C=O) groups excluding carboxylic acids is 1. The summed E-state index contributed by atoms with van der Waals surface area (Å²) in [5.41, 5.74) is 0.719. The highest BCUT2D eigenvalue weighted by atomic mass is 16.4. The molecule has 5 nitrogen and oxygen atoms in total. The van der Waals surface area contributed by atoms with Crippen LogP contribution in [0.1, 0.15) is 23.2 Å². The van der Waals surface area contributed by atoms with Gasteiger partial charge in [0.05, 0.1) is 11.5 Å². The van der Waals surface area contributed by atoms with Crippen molar-refractivity contribution in [3.8, 4) is 0 Å². The molecule has 0 radical (unpaired) electrons. The fourth-order valence-electron chi connectivity index (χ4n) is 2.35. The highest BCUT2D eigenvalue weighted by Crippen LogP contribution is 2.18. The highest BCUT2D eigenvalue weighted by Gasteiger charge is 2.23. The molecule has 1 saturated heterocycles. The van der Waals surface area contributed by atoms with Crippen LogP contribution in [-0.4, -0.2) is 42.0 Å². The number of amides is 1. The van der Waals surface area contributed by atoms with Crippen molar-refractivity contribution in [1.29, 1.82) is 0 Å². The van der Waals surface area contributed by atoms with Crippen LogP contribution >= 0.6 is 0 Å². The van der Waals surface area contributed by atoms with Crippen LogP contribution in [0.4, 0.5) is 5.69 Å². The number of anilines is 1. The van der Waals surface area contributed by atoms with Crippen LogP contribution in [0.5, 0.6) is 0 Å². The van der Waals surface area contributed by atoms with E-state index in [9.17, 15) is 9.59 Å². The minimum Gasteiger partial charge on any atom is -0.478 e. The van der Waals surface area contributed by atoms with Crippen LogP contribution < -0.4 is 5.32 Å². The maximum Gasteiger partial charge on any atom is 0.335 e. The van der Waals surface area contributed by atoms with Gasteiger partial charge in [0.15, 0.2) is 0 Å². The van der Waals surface area contributed by atoms with Gasteiger partial charge in [-0.3, -0.25) is 4.79 Å². The molecule has 1 aliphatic heterocycles. The first-order chi connectivity index (χ1) is 9.06. The molecule has 0 spiro atoms. The zero-order valence-electron chi connectivity index (χ0n) is 10.9. The van der Waals surface area contributed by atoms with E-state index in [1.54, 1.807) is 12.1 Å². The van der Waals surface area contributed by atoms with Crippen LogP contribution in [0.25, 0.3) is 0 Å². The van der Waals surface area contributed by atoms with E-state index in [4.69, 9.17) is 5.11 Å². The van der Waals surface area contributed by atoms with Crippen molar-refractivity contribution >= 4 is 17.6 Å². The maximum absolute atomic E-state index is 12.1. The maximum atomic E-state index is 12.1. The molecule has 1 atom stereocenters. The number of nitrogens with one attached hydrogen (secondary N) is 1. The average Bonchev–Trinajstić information content (AvgIpc) is 2.39. The van der Waals surface area contributed by atoms with Crippen molar-refractivity contribution in [2.75, 3.05) is 25.5 Å². The Morgan fingerprint density at radius 1 is 1.42 bits per heavy atom. The number of rotatable bonds is 3. The van der Waals surface area contributed by atoms with Gasteiger partial charge >= 0.3 is 5.97 Å². The Balaban J connectivity index is 2.02. The monoisotopic (exact) mass is 262 g/mol. The van der Waals surface area contributed by atoms with E-state index in [-0.39, 0.29) is 17.4 Å². The first kappa shape index (κ1) is 13.5. The Hall–Kier alpha value is -1.88. The largest absolute Gasteiger partial charge is 0.478 e. The first-order valence-corrected chi connectivity index (χ1v) is 6.39. The van der Waals surface area contributed by atoms with Gasteiger partial charge in [-0.15, -0.1) is 0 Å². The summed E-state index contributed by atoms with van der Waals surface area (Å²) >= 11 is 0. The van der Waals surface area contributed by atoms with Gasteiger partial charge in [-0.05, 0) is 44.6 Å². The summed E-state index contributed by atoms with van der Waals surface area (Å²) in [7, 11) is 2.00. The van der Waals surface area contributed by atoms with Gasteiger partial charge in [0.1, 0.15) is 0 Å². The predicted molar refractivity (Wildman–Crippen MR) is 72.3 cm³/mol. The number of hydrogen-bond acceptors (Lipinski definition) is 3. The number of carbonyl (C=O) groups is 2. The van der Waals surface area contributed by atoms with E-state index in [1.165, 1.54) is 12.1 Å². The molecule has 0 aromatic heterocycles. The van der Waals surface area contributed by atoms with Gasteiger partial charge in [0, 0.05) is 12.2 Å². The summed E-state index contributed by atoms with van der Waals surface area (Å²) in [6.07, 6.45) is 1.90. The lowest BCUT2D eigenvalue weighted by Crippen LogP contribution is -2.38. The molecule has 1 unspecified atom stereocenters. The Bertz CT molecular complexity index is 487. The lowest BCUT2D eigenvalue weighted by molar-refractivity contribution is -0.121. The SMILES string of the molecule is CN1CCCC(C(=O)Nc2cccc(C(=O)O)c2)C1.